The molecule has 3 rings (SSSR count). The van der Waals surface area contributed by atoms with Gasteiger partial charge in [0.25, 0.3) is 5.91 Å². The average Bonchev–Trinajstić information content (AvgIpc) is 2.61. The number of benzene rings is 1. The van der Waals surface area contributed by atoms with Gasteiger partial charge in [-0.15, -0.1) is 0 Å². The van der Waals surface area contributed by atoms with Crippen molar-refractivity contribution in [3.63, 3.8) is 0 Å². The number of aliphatic hydroxyl groups is 1. The van der Waals surface area contributed by atoms with Gasteiger partial charge in [0.2, 0.25) is 0 Å². The molecule has 0 radical (unpaired) electrons. The predicted octanol–water partition coefficient (Wildman–Crippen LogP) is 1.74. The van der Waals surface area contributed by atoms with Crippen molar-refractivity contribution in [3.8, 4) is 0 Å². The monoisotopic (exact) mass is 354 g/mol. The summed E-state index contributed by atoms with van der Waals surface area (Å²) in [6, 6.07) is 8.13. The molecule has 2 heterocycles. The summed E-state index contributed by atoms with van der Waals surface area (Å²) in [5.41, 5.74) is 2.55. The Kier molecular flexibility index (Phi) is 5.64. The van der Waals surface area contributed by atoms with E-state index in [4.69, 9.17) is 0 Å². The van der Waals surface area contributed by atoms with Crippen LogP contribution >= 0.6 is 0 Å². The second-order valence-electron chi connectivity index (χ2n) is 7.10. The smallest absolute Gasteiger partial charge is 0.256 e. The third-order valence-corrected chi connectivity index (χ3v) is 4.72. The molecule has 0 spiro atoms. The van der Waals surface area contributed by atoms with Gasteiger partial charge in [-0.05, 0) is 32.3 Å². The summed E-state index contributed by atoms with van der Waals surface area (Å²) in [5.74, 6) is -0.201. The fourth-order valence-electron chi connectivity index (χ4n) is 3.32. The van der Waals surface area contributed by atoms with Gasteiger partial charge in [-0.25, -0.2) is 0 Å². The summed E-state index contributed by atoms with van der Waals surface area (Å²) < 4.78 is 0. The molecule has 1 amide bonds. The maximum absolute atomic E-state index is 12.8. The van der Waals surface area contributed by atoms with Crippen molar-refractivity contribution in [2.45, 2.75) is 45.4 Å². The second-order valence-corrected chi connectivity index (χ2v) is 7.10. The van der Waals surface area contributed by atoms with E-state index in [2.05, 4.69) is 21.4 Å². The largest absolute Gasteiger partial charge is 0.379 e. The molecule has 1 aliphatic rings. The molecule has 2 N–H and O–H groups in total. The Balaban J connectivity index is 1.59. The number of hydrogen-bond acceptors (Lipinski definition) is 5. The van der Waals surface area contributed by atoms with E-state index >= 15 is 0 Å². The van der Waals surface area contributed by atoms with Gasteiger partial charge in [-0.2, -0.15) is 0 Å². The molecule has 1 aliphatic heterocycles. The molecule has 138 valence electrons. The molecular formula is C20H26N4O2. The Morgan fingerprint density at radius 1 is 1.27 bits per heavy atom. The van der Waals surface area contributed by atoms with E-state index in [-0.39, 0.29) is 12.5 Å². The maximum atomic E-state index is 12.8. The minimum atomic E-state index is -1.36. The molecule has 0 aliphatic carbocycles. The fourth-order valence-corrected chi connectivity index (χ4v) is 3.32. The van der Waals surface area contributed by atoms with Crippen molar-refractivity contribution in [2.75, 3.05) is 13.1 Å². The second kappa shape index (κ2) is 7.93. The lowest BCUT2D eigenvalue weighted by molar-refractivity contribution is -0.157. The number of rotatable bonds is 6. The Bertz CT molecular complexity index is 763. The topological polar surface area (TPSA) is 78.3 Å². The van der Waals surface area contributed by atoms with Gasteiger partial charge in [0.05, 0.1) is 11.4 Å². The predicted molar refractivity (Wildman–Crippen MR) is 99.3 cm³/mol. The number of aromatic nitrogens is 2. The lowest BCUT2D eigenvalue weighted by Gasteiger charge is -2.38. The van der Waals surface area contributed by atoms with Crippen LogP contribution in [0.3, 0.4) is 0 Å². The Morgan fingerprint density at radius 2 is 2.12 bits per heavy atom. The number of amides is 1. The third kappa shape index (κ3) is 4.45. The molecule has 6 heteroatoms. The maximum Gasteiger partial charge on any atom is 0.256 e. The van der Waals surface area contributed by atoms with E-state index in [1.807, 2.05) is 32.0 Å². The van der Waals surface area contributed by atoms with E-state index in [1.165, 1.54) is 5.56 Å². The van der Waals surface area contributed by atoms with Gasteiger partial charge in [-0.1, -0.05) is 29.8 Å². The van der Waals surface area contributed by atoms with Gasteiger partial charge < -0.3 is 15.3 Å². The third-order valence-electron chi connectivity index (χ3n) is 4.72. The molecule has 26 heavy (non-hydrogen) atoms. The summed E-state index contributed by atoms with van der Waals surface area (Å²) >= 11 is 0. The SMILES string of the molecule is Cc1cccc(CN2CCC[C@@](O)(CNCc3cnc(C)cn3)C2=O)c1. The molecule has 1 atom stereocenters. The summed E-state index contributed by atoms with van der Waals surface area (Å²) in [4.78, 5) is 23.1. The van der Waals surface area contributed by atoms with Gasteiger partial charge in [-0.3, -0.25) is 14.8 Å². The van der Waals surface area contributed by atoms with Crippen molar-refractivity contribution in [3.05, 3.63) is 59.2 Å². The van der Waals surface area contributed by atoms with Gasteiger partial charge >= 0.3 is 0 Å². The van der Waals surface area contributed by atoms with E-state index in [0.29, 0.717) is 26.1 Å². The molecule has 1 aromatic heterocycles. The summed E-state index contributed by atoms with van der Waals surface area (Å²) in [6.45, 7) is 5.82. The van der Waals surface area contributed by atoms with Crippen LogP contribution in [0.15, 0.2) is 36.7 Å². The average molecular weight is 354 g/mol. The first kappa shape index (κ1) is 18.5. The van der Waals surface area contributed by atoms with Crippen LogP contribution in [0.2, 0.25) is 0 Å². The van der Waals surface area contributed by atoms with Crippen LogP contribution in [0.5, 0.6) is 0 Å². The zero-order chi connectivity index (χ0) is 18.6. The number of carbonyl (C=O) groups is 1. The first-order valence-electron chi connectivity index (χ1n) is 9.02. The number of nitrogens with one attached hydrogen (secondary N) is 1. The van der Waals surface area contributed by atoms with E-state index in [1.54, 1.807) is 17.3 Å². The highest BCUT2D eigenvalue weighted by molar-refractivity contribution is 5.86. The number of likely N-dealkylation sites (tertiary alicyclic amines) is 1. The van der Waals surface area contributed by atoms with Crippen LogP contribution in [0.4, 0.5) is 0 Å². The van der Waals surface area contributed by atoms with Crippen LogP contribution in [-0.2, 0) is 17.9 Å². The zero-order valence-corrected chi connectivity index (χ0v) is 15.4. The number of nitrogens with zero attached hydrogens (tertiary/aromatic N) is 3. The van der Waals surface area contributed by atoms with Gasteiger partial charge in [0, 0.05) is 38.6 Å². The summed E-state index contributed by atoms with van der Waals surface area (Å²) in [7, 11) is 0. The number of carbonyl (C=O) groups excluding carboxylic acids is 1. The van der Waals surface area contributed by atoms with Crippen LogP contribution < -0.4 is 5.32 Å². The lowest BCUT2D eigenvalue weighted by atomic mass is 9.91. The number of aryl methyl sites for hydroxylation is 2. The Labute approximate surface area is 154 Å². The van der Waals surface area contributed by atoms with Crippen molar-refractivity contribution in [1.82, 2.24) is 20.2 Å². The number of hydrogen-bond donors (Lipinski definition) is 2. The molecule has 1 aromatic carbocycles. The van der Waals surface area contributed by atoms with Crippen LogP contribution in [0.25, 0.3) is 0 Å². The van der Waals surface area contributed by atoms with E-state index < -0.39 is 5.60 Å². The molecule has 1 saturated heterocycles. The molecule has 2 aromatic rings. The highest BCUT2D eigenvalue weighted by Gasteiger charge is 2.41. The summed E-state index contributed by atoms with van der Waals surface area (Å²) in [6.07, 6.45) is 4.68. The first-order chi connectivity index (χ1) is 12.5. The van der Waals surface area contributed by atoms with Crippen molar-refractivity contribution in [1.29, 1.82) is 0 Å². The van der Waals surface area contributed by atoms with Crippen molar-refractivity contribution < 1.29 is 9.90 Å². The molecular weight excluding hydrogens is 328 g/mol. The van der Waals surface area contributed by atoms with E-state index in [9.17, 15) is 9.90 Å². The summed E-state index contributed by atoms with van der Waals surface area (Å²) in [5, 5.41) is 14.0. The van der Waals surface area contributed by atoms with Crippen LogP contribution in [-0.4, -0.2) is 44.6 Å². The number of piperidine rings is 1. The molecule has 6 nitrogen and oxygen atoms in total. The lowest BCUT2D eigenvalue weighted by Crippen LogP contribution is -2.57. The van der Waals surface area contributed by atoms with Crippen LogP contribution in [0, 0.1) is 13.8 Å². The highest BCUT2D eigenvalue weighted by atomic mass is 16.3. The quantitative estimate of drug-likeness (QED) is 0.826. The minimum Gasteiger partial charge on any atom is -0.379 e. The Hall–Kier alpha value is -2.31. The van der Waals surface area contributed by atoms with Crippen LogP contribution in [0.1, 0.15) is 35.4 Å². The molecule has 0 saturated carbocycles. The Morgan fingerprint density at radius 3 is 2.85 bits per heavy atom. The minimum absolute atomic E-state index is 0.201. The fraction of sp³-hybridized carbons (Fsp3) is 0.450. The normalized spacial score (nSPS) is 20.4. The van der Waals surface area contributed by atoms with E-state index in [0.717, 1.165) is 23.4 Å². The van der Waals surface area contributed by atoms with Crippen molar-refractivity contribution >= 4 is 5.91 Å². The molecule has 0 bridgehead atoms. The molecule has 0 unspecified atom stereocenters. The highest BCUT2D eigenvalue weighted by Crippen LogP contribution is 2.24. The van der Waals surface area contributed by atoms with Crippen molar-refractivity contribution in [2.24, 2.45) is 0 Å². The van der Waals surface area contributed by atoms with Gasteiger partial charge in [0.15, 0.2) is 5.60 Å². The van der Waals surface area contributed by atoms with Gasteiger partial charge in [0.1, 0.15) is 0 Å². The standard InChI is InChI=1S/C20H26N4O2/c1-15-5-3-6-17(9-15)13-24-8-4-7-20(26,19(24)25)14-21-11-18-12-22-16(2)10-23-18/h3,5-6,9-10,12,21,26H,4,7-8,11,13-14H2,1-2H3/t20-/m1/s1. The molecule has 1 fully saturated rings. The first-order valence-corrected chi connectivity index (χ1v) is 9.02. The zero-order valence-electron chi connectivity index (χ0n) is 15.4.